The third-order valence-corrected chi connectivity index (χ3v) is 11.9. The van der Waals surface area contributed by atoms with Crippen molar-refractivity contribution in [2.24, 2.45) is 16.7 Å². The number of carbonyl (C=O) groups excluding carboxylic acids is 1. The quantitative estimate of drug-likeness (QED) is 0.240. The van der Waals surface area contributed by atoms with E-state index in [1.165, 1.54) is 17.5 Å². The maximum Gasteiger partial charge on any atom is 0.393 e. The Kier molecular flexibility index (Phi) is 7.13. The van der Waals surface area contributed by atoms with E-state index in [9.17, 15) is 23.2 Å². The second kappa shape index (κ2) is 10.7. The Morgan fingerprint density at radius 1 is 1.18 bits per heavy atom. The number of nitrogens with zero attached hydrogens (tertiary/aromatic N) is 5. The number of benzene rings is 1. The molecule has 1 amide bonds. The summed E-state index contributed by atoms with van der Waals surface area (Å²) in [6, 6.07) is 10.5. The molecule has 4 aliphatic rings. The van der Waals surface area contributed by atoms with Crippen LogP contribution >= 0.6 is 11.3 Å². The summed E-state index contributed by atoms with van der Waals surface area (Å²) in [5.74, 6) is 1.03. The minimum Gasteiger partial charge on any atom is -0.367 e. The van der Waals surface area contributed by atoms with Crippen LogP contribution in [-0.2, 0) is 24.3 Å². The van der Waals surface area contributed by atoms with Crippen molar-refractivity contribution in [3.63, 3.8) is 0 Å². The van der Waals surface area contributed by atoms with Crippen LogP contribution in [0.2, 0.25) is 0 Å². The fraction of sp³-hybridized carbons (Fsp3) is 0.515. The van der Waals surface area contributed by atoms with Crippen LogP contribution in [0, 0.1) is 35.0 Å². The smallest absolute Gasteiger partial charge is 0.367 e. The number of thiophene rings is 1. The van der Waals surface area contributed by atoms with Crippen LogP contribution in [0.4, 0.5) is 19.0 Å². The highest BCUT2D eigenvalue weighted by Crippen LogP contribution is 2.77. The highest BCUT2D eigenvalue weighted by molar-refractivity contribution is 7.18. The van der Waals surface area contributed by atoms with Gasteiger partial charge in [0.15, 0.2) is 0 Å². The molecule has 4 aromatic rings. The number of hydrogen-bond donors (Lipinski definition) is 2. The Labute approximate surface area is 263 Å². The second-order valence-electron chi connectivity index (χ2n) is 13.3. The lowest BCUT2D eigenvalue weighted by atomic mass is 9.29. The molecule has 1 aliphatic heterocycles. The summed E-state index contributed by atoms with van der Waals surface area (Å²) in [7, 11) is 1.71. The Balaban J connectivity index is 1.01. The molecular weight excluding hydrogens is 599 g/mol. The van der Waals surface area contributed by atoms with Crippen molar-refractivity contribution in [2.45, 2.75) is 71.3 Å². The molecule has 4 fully saturated rings. The summed E-state index contributed by atoms with van der Waals surface area (Å²) in [5, 5.41) is 18.1. The van der Waals surface area contributed by atoms with Gasteiger partial charge in [-0.05, 0) is 73.3 Å². The summed E-state index contributed by atoms with van der Waals surface area (Å²) in [4.78, 5) is 24.2. The summed E-state index contributed by atoms with van der Waals surface area (Å²) >= 11 is 1.06. The predicted octanol–water partition coefficient (Wildman–Crippen LogP) is 6.17. The highest BCUT2D eigenvalue weighted by Gasteiger charge is 2.76. The van der Waals surface area contributed by atoms with Gasteiger partial charge in [0.25, 0.3) is 0 Å². The molecule has 0 radical (unpaired) electrons. The van der Waals surface area contributed by atoms with Gasteiger partial charge in [0.2, 0.25) is 5.91 Å². The zero-order valence-corrected chi connectivity index (χ0v) is 26.4. The first-order valence-corrected chi connectivity index (χ1v) is 16.3. The van der Waals surface area contributed by atoms with Gasteiger partial charge in [-0.1, -0.05) is 13.0 Å². The van der Waals surface area contributed by atoms with Crippen molar-refractivity contribution >= 4 is 44.2 Å². The minimum atomic E-state index is -4.26. The van der Waals surface area contributed by atoms with E-state index in [-0.39, 0.29) is 27.7 Å². The van der Waals surface area contributed by atoms with Crippen LogP contribution in [0.5, 0.6) is 0 Å². The number of rotatable bonds is 8. The van der Waals surface area contributed by atoms with Gasteiger partial charge in [0.05, 0.1) is 17.2 Å². The molecule has 3 saturated carbocycles. The number of nitrogens with one attached hydrogen (secondary N) is 2. The van der Waals surface area contributed by atoms with Gasteiger partial charge in [-0.2, -0.15) is 18.4 Å². The van der Waals surface area contributed by atoms with Gasteiger partial charge >= 0.3 is 6.18 Å². The van der Waals surface area contributed by atoms with Crippen LogP contribution in [0.25, 0.3) is 21.1 Å². The lowest BCUT2D eigenvalue weighted by Crippen LogP contribution is -2.75. The van der Waals surface area contributed by atoms with E-state index in [2.05, 4.69) is 62.1 Å². The van der Waals surface area contributed by atoms with E-state index >= 15 is 0 Å². The molecule has 0 unspecified atom stereocenters. The fourth-order valence-corrected chi connectivity index (χ4v) is 9.27. The molecule has 1 atom stereocenters. The summed E-state index contributed by atoms with van der Waals surface area (Å²) < 4.78 is 41.0. The summed E-state index contributed by atoms with van der Waals surface area (Å²) in [5.41, 5.74) is 4.00. The Bertz CT molecular complexity index is 1840. The number of amides is 1. The van der Waals surface area contributed by atoms with Crippen LogP contribution in [0.1, 0.15) is 54.3 Å². The predicted molar refractivity (Wildman–Crippen MR) is 168 cm³/mol. The first kappa shape index (κ1) is 30.0. The monoisotopic (exact) mass is 635 g/mol. The molecule has 8 rings (SSSR count). The molecular formula is C33H36F3N7OS. The molecule has 4 heterocycles. The average Bonchev–Trinajstić information content (AvgIpc) is 3.57. The Morgan fingerprint density at radius 3 is 2.60 bits per heavy atom. The molecule has 3 aliphatic carbocycles. The molecule has 8 nitrogen and oxygen atoms in total. The number of anilines is 1. The maximum atomic E-state index is 12.9. The number of piperidine rings is 1. The maximum absolute atomic E-state index is 12.9. The largest absolute Gasteiger partial charge is 0.393 e. The van der Waals surface area contributed by atoms with Crippen LogP contribution < -0.4 is 10.6 Å². The second-order valence-corrected chi connectivity index (χ2v) is 14.4. The Hall–Kier alpha value is -3.69. The summed E-state index contributed by atoms with van der Waals surface area (Å²) in [6.07, 6.45) is -0.276. The molecule has 2 N–H and O–H groups in total. The van der Waals surface area contributed by atoms with Crippen molar-refractivity contribution in [2.75, 3.05) is 25.5 Å². The van der Waals surface area contributed by atoms with E-state index in [1.807, 2.05) is 6.07 Å². The lowest BCUT2D eigenvalue weighted by molar-refractivity contribution is -0.262. The van der Waals surface area contributed by atoms with Crippen LogP contribution in [-0.4, -0.2) is 57.7 Å². The molecule has 1 saturated heterocycles. The molecule has 3 aromatic heterocycles. The minimum absolute atomic E-state index is 0.0708. The number of halogens is 3. The summed E-state index contributed by atoms with van der Waals surface area (Å²) in [6.45, 7) is 7.63. The first-order valence-electron chi connectivity index (χ1n) is 15.5. The molecule has 12 heteroatoms. The first-order chi connectivity index (χ1) is 21.4. The van der Waals surface area contributed by atoms with E-state index in [0.717, 1.165) is 74.1 Å². The SMILES string of the molecule is CNC(=O)C12CC(Cn3c(C#N)cc4c(C)c(CN5CCC(Nc6ncnc7sc(CC(F)(F)F)cc67)CC5)ccc43)(C1)[C@@H]2C. The molecule has 236 valence electrons. The lowest BCUT2D eigenvalue weighted by Gasteiger charge is -2.74. The number of alkyl halides is 3. The topological polar surface area (TPSA) is 98.9 Å². The number of aryl methyl sites for hydroxylation is 1. The van der Waals surface area contributed by atoms with E-state index in [0.29, 0.717) is 27.6 Å². The van der Waals surface area contributed by atoms with Crippen molar-refractivity contribution in [3.8, 4) is 6.07 Å². The number of aromatic nitrogens is 3. The molecule has 45 heavy (non-hydrogen) atoms. The van der Waals surface area contributed by atoms with E-state index in [1.54, 1.807) is 13.1 Å². The van der Waals surface area contributed by atoms with Crippen molar-refractivity contribution in [3.05, 3.63) is 52.3 Å². The van der Waals surface area contributed by atoms with Crippen LogP contribution in [0.15, 0.2) is 30.6 Å². The van der Waals surface area contributed by atoms with Crippen molar-refractivity contribution in [1.82, 2.24) is 24.8 Å². The fourth-order valence-electron chi connectivity index (χ4n) is 8.24. The van der Waals surface area contributed by atoms with E-state index < -0.39 is 12.6 Å². The van der Waals surface area contributed by atoms with Gasteiger partial charge in [0.1, 0.15) is 28.7 Å². The van der Waals surface area contributed by atoms with Crippen molar-refractivity contribution < 1.29 is 18.0 Å². The number of fused-ring (bicyclic) bond motifs is 2. The standard InChI is InChI=1S/C33H36F3N7OS/c1-19-21(4-5-27-25(19)10-23(13-37)43(27)17-31-15-32(16-31,20(31)2)30(44)38-3)14-42-8-6-22(7-9-42)41-28-26-11-24(12-33(34,35)36)45-29(26)40-18-39-28/h4-5,10-11,18,20,22H,6-9,12,14-17H2,1-3H3,(H,38,44)(H,39,40,41)/t20-,31?,32?/m0/s1. The van der Waals surface area contributed by atoms with E-state index in [4.69, 9.17) is 0 Å². The van der Waals surface area contributed by atoms with Crippen LogP contribution in [0.3, 0.4) is 0 Å². The number of likely N-dealkylation sites (tertiary alicyclic amines) is 1. The Morgan fingerprint density at radius 2 is 1.93 bits per heavy atom. The highest BCUT2D eigenvalue weighted by atomic mass is 32.1. The van der Waals surface area contributed by atoms with Gasteiger partial charge in [0, 0.05) is 55.0 Å². The van der Waals surface area contributed by atoms with Gasteiger partial charge in [-0.25, -0.2) is 9.97 Å². The normalized spacial score (nSPS) is 25.1. The van der Waals surface area contributed by atoms with Gasteiger partial charge < -0.3 is 15.2 Å². The zero-order valence-electron chi connectivity index (χ0n) is 25.6. The van der Waals surface area contributed by atoms with Gasteiger partial charge in [-0.3, -0.25) is 9.69 Å². The number of nitriles is 1. The zero-order chi connectivity index (χ0) is 31.7. The third kappa shape index (κ3) is 4.95. The molecule has 2 bridgehead atoms. The molecule has 1 aromatic carbocycles. The van der Waals surface area contributed by atoms with Gasteiger partial charge in [-0.15, -0.1) is 11.3 Å². The number of hydrogen-bond acceptors (Lipinski definition) is 7. The number of carbonyl (C=O) groups is 1. The third-order valence-electron chi connectivity index (χ3n) is 10.9. The average molecular weight is 636 g/mol. The van der Waals surface area contributed by atoms with Crippen molar-refractivity contribution in [1.29, 1.82) is 5.26 Å². The molecule has 0 spiro atoms.